The van der Waals surface area contributed by atoms with E-state index in [0.717, 1.165) is 30.7 Å². The first-order valence-corrected chi connectivity index (χ1v) is 8.93. The van der Waals surface area contributed by atoms with E-state index < -0.39 is 6.10 Å². The van der Waals surface area contributed by atoms with Crippen LogP contribution in [0.5, 0.6) is 0 Å². The molecule has 5 heteroatoms. The molecule has 1 fully saturated rings. The molecule has 0 radical (unpaired) electrons. The van der Waals surface area contributed by atoms with Gasteiger partial charge in [-0.25, -0.2) is 0 Å². The molecule has 3 rings (SSSR count). The second-order valence-electron chi connectivity index (χ2n) is 6.73. The monoisotopic (exact) mass is 342 g/mol. The predicted molar refractivity (Wildman–Crippen MR) is 95.9 cm³/mol. The molecular weight excluding hydrogens is 316 g/mol. The number of hydrogen-bond acceptors (Lipinski definition) is 4. The molecule has 1 amide bonds. The van der Waals surface area contributed by atoms with Crippen molar-refractivity contribution in [3.63, 3.8) is 0 Å². The Morgan fingerprint density at radius 2 is 2.12 bits per heavy atom. The van der Waals surface area contributed by atoms with Crippen molar-refractivity contribution in [2.45, 2.75) is 44.4 Å². The molecule has 2 aromatic rings. The van der Waals surface area contributed by atoms with E-state index in [1.807, 2.05) is 49.4 Å². The zero-order chi connectivity index (χ0) is 17.6. The maximum absolute atomic E-state index is 12.3. The number of nitrogens with one attached hydrogen (secondary N) is 1. The summed E-state index contributed by atoms with van der Waals surface area (Å²) in [5.41, 5.74) is 0.935. The summed E-state index contributed by atoms with van der Waals surface area (Å²) in [6.45, 7) is 3.17. The van der Waals surface area contributed by atoms with Gasteiger partial charge in [-0.05, 0) is 50.4 Å². The number of aliphatic hydroxyl groups excluding tert-OH is 1. The van der Waals surface area contributed by atoms with E-state index in [1.165, 1.54) is 0 Å². The third-order valence-corrected chi connectivity index (χ3v) is 4.87. The van der Waals surface area contributed by atoms with Crippen LogP contribution in [0.2, 0.25) is 0 Å². The number of likely N-dealkylation sites (tertiary alicyclic amines) is 1. The highest BCUT2D eigenvalue weighted by molar-refractivity contribution is 5.78. The Labute approximate surface area is 148 Å². The summed E-state index contributed by atoms with van der Waals surface area (Å²) in [5, 5.41) is 13.4. The number of benzene rings is 1. The van der Waals surface area contributed by atoms with Crippen LogP contribution in [0.15, 0.2) is 53.1 Å². The summed E-state index contributed by atoms with van der Waals surface area (Å²) in [5.74, 6) is 0.746. The summed E-state index contributed by atoms with van der Waals surface area (Å²) < 4.78 is 5.33. The molecule has 2 heterocycles. The Hall–Kier alpha value is -2.11. The lowest BCUT2D eigenvalue weighted by atomic mass is 10.0. The summed E-state index contributed by atoms with van der Waals surface area (Å²) in [6, 6.07) is 13.5. The number of furan rings is 1. The Balaban J connectivity index is 1.52. The Morgan fingerprint density at radius 3 is 2.84 bits per heavy atom. The van der Waals surface area contributed by atoms with E-state index in [0.29, 0.717) is 13.0 Å². The van der Waals surface area contributed by atoms with Crippen LogP contribution in [-0.4, -0.2) is 35.0 Å². The van der Waals surface area contributed by atoms with Gasteiger partial charge >= 0.3 is 0 Å². The van der Waals surface area contributed by atoms with Crippen molar-refractivity contribution in [3.05, 3.63) is 60.1 Å². The minimum atomic E-state index is -0.489. The van der Waals surface area contributed by atoms with Gasteiger partial charge in [0.05, 0.1) is 25.0 Å². The van der Waals surface area contributed by atoms with Gasteiger partial charge in [-0.15, -0.1) is 0 Å². The molecule has 25 heavy (non-hydrogen) atoms. The van der Waals surface area contributed by atoms with E-state index >= 15 is 0 Å². The minimum absolute atomic E-state index is 0.00926. The second kappa shape index (κ2) is 8.32. The van der Waals surface area contributed by atoms with Gasteiger partial charge in [-0.2, -0.15) is 0 Å². The maximum Gasteiger partial charge on any atom is 0.234 e. The average Bonchev–Trinajstić information content (AvgIpc) is 3.28. The fourth-order valence-electron chi connectivity index (χ4n) is 3.52. The summed E-state index contributed by atoms with van der Waals surface area (Å²) in [6.07, 6.45) is 3.86. The highest BCUT2D eigenvalue weighted by Gasteiger charge is 2.29. The Bertz CT molecular complexity index is 657. The number of carbonyl (C=O) groups is 1. The highest BCUT2D eigenvalue weighted by atomic mass is 16.3. The molecule has 2 N–H and O–H groups in total. The van der Waals surface area contributed by atoms with Crippen LogP contribution in [0.1, 0.15) is 49.7 Å². The topological polar surface area (TPSA) is 65.7 Å². The van der Waals surface area contributed by atoms with E-state index in [2.05, 4.69) is 10.2 Å². The van der Waals surface area contributed by atoms with Crippen molar-refractivity contribution in [1.29, 1.82) is 0 Å². The first kappa shape index (κ1) is 17.7. The lowest BCUT2D eigenvalue weighted by Gasteiger charge is -2.26. The molecule has 5 nitrogen and oxygen atoms in total. The van der Waals surface area contributed by atoms with Gasteiger partial charge in [0.15, 0.2) is 0 Å². The molecule has 0 spiro atoms. The number of aliphatic hydroxyl groups is 1. The minimum Gasteiger partial charge on any atom is -0.467 e. The zero-order valence-electron chi connectivity index (χ0n) is 14.6. The van der Waals surface area contributed by atoms with Crippen molar-refractivity contribution < 1.29 is 14.3 Å². The van der Waals surface area contributed by atoms with Crippen molar-refractivity contribution in [2.75, 3.05) is 13.1 Å². The molecule has 0 bridgehead atoms. The standard InChI is InChI=1S/C20H26N2O3/c1-15(19-10-6-12-25-19)21-20(24)14-22-11-5-9-17(22)13-18(23)16-7-3-2-4-8-16/h2-4,6-8,10,12,15,17-18,23H,5,9,11,13-14H2,1H3,(H,21,24). The van der Waals surface area contributed by atoms with Crippen molar-refractivity contribution in [1.82, 2.24) is 10.2 Å². The van der Waals surface area contributed by atoms with Crippen LogP contribution in [0.25, 0.3) is 0 Å². The van der Waals surface area contributed by atoms with Crippen LogP contribution in [0, 0.1) is 0 Å². The summed E-state index contributed by atoms with van der Waals surface area (Å²) >= 11 is 0. The first-order chi connectivity index (χ1) is 12.1. The molecule has 134 valence electrons. The molecule has 3 unspecified atom stereocenters. The summed E-state index contributed by atoms with van der Waals surface area (Å²) in [7, 11) is 0. The van der Waals surface area contributed by atoms with Crippen LogP contribution >= 0.6 is 0 Å². The molecule has 0 aliphatic carbocycles. The normalized spacial score (nSPS) is 20.3. The third kappa shape index (κ3) is 4.71. The van der Waals surface area contributed by atoms with Gasteiger partial charge in [0.25, 0.3) is 0 Å². The molecular formula is C20H26N2O3. The number of carbonyl (C=O) groups excluding carboxylic acids is 1. The highest BCUT2D eigenvalue weighted by Crippen LogP contribution is 2.27. The first-order valence-electron chi connectivity index (χ1n) is 8.93. The Kier molecular flexibility index (Phi) is 5.89. The van der Waals surface area contributed by atoms with Crippen molar-refractivity contribution >= 4 is 5.91 Å². The molecule has 1 aromatic heterocycles. The van der Waals surface area contributed by atoms with Crippen LogP contribution in [0.3, 0.4) is 0 Å². The van der Waals surface area contributed by atoms with Gasteiger partial charge in [0.2, 0.25) is 5.91 Å². The maximum atomic E-state index is 12.3. The number of nitrogens with zero attached hydrogens (tertiary/aromatic N) is 1. The van der Waals surface area contributed by atoms with Gasteiger partial charge in [-0.3, -0.25) is 9.69 Å². The van der Waals surface area contributed by atoms with Gasteiger partial charge in [0, 0.05) is 6.04 Å². The quantitative estimate of drug-likeness (QED) is 0.812. The third-order valence-electron chi connectivity index (χ3n) is 4.87. The van der Waals surface area contributed by atoms with Gasteiger partial charge in [-0.1, -0.05) is 30.3 Å². The zero-order valence-corrected chi connectivity index (χ0v) is 14.6. The fourth-order valence-corrected chi connectivity index (χ4v) is 3.52. The average molecular weight is 342 g/mol. The lowest BCUT2D eigenvalue weighted by Crippen LogP contribution is -2.41. The largest absolute Gasteiger partial charge is 0.467 e. The SMILES string of the molecule is CC(NC(=O)CN1CCCC1CC(O)c1ccccc1)c1ccco1. The van der Waals surface area contributed by atoms with Crippen molar-refractivity contribution in [2.24, 2.45) is 0 Å². The van der Waals surface area contributed by atoms with Crippen LogP contribution in [0.4, 0.5) is 0 Å². The molecule has 0 saturated carbocycles. The number of amides is 1. The van der Waals surface area contributed by atoms with Crippen LogP contribution in [-0.2, 0) is 4.79 Å². The number of rotatable bonds is 7. The molecule has 3 atom stereocenters. The Morgan fingerprint density at radius 1 is 1.32 bits per heavy atom. The molecule has 1 aromatic carbocycles. The fraction of sp³-hybridized carbons (Fsp3) is 0.450. The van der Waals surface area contributed by atoms with Gasteiger partial charge < -0.3 is 14.8 Å². The second-order valence-corrected chi connectivity index (χ2v) is 6.73. The smallest absolute Gasteiger partial charge is 0.234 e. The van der Waals surface area contributed by atoms with E-state index in [4.69, 9.17) is 4.42 Å². The number of hydrogen-bond donors (Lipinski definition) is 2. The van der Waals surface area contributed by atoms with E-state index in [1.54, 1.807) is 6.26 Å². The lowest BCUT2D eigenvalue weighted by molar-refractivity contribution is -0.123. The van der Waals surface area contributed by atoms with E-state index in [-0.39, 0.29) is 18.0 Å². The summed E-state index contributed by atoms with van der Waals surface area (Å²) in [4.78, 5) is 14.5. The molecule has 1 aliphatic heterocycles. The predicted octanol–water partition coefficient (Wildman–Crippen LogP) is 3.04. The molecule has 1 saturated heterocycles. The van der Waals surface area contributed by atoms with E-state index in [9.17, 15) is 9.90 Å². The molecule has 1 aliphatic rings. The van der Waals surface area contributed by atoms with Crippen LogP contribution < -0.4 is 5.32 Å². The van der Waals surface area contributed by atoms with Crippen molar-refractivity contribution in [3.8, 4) is 0 Å². The van der Waals surface area contributed by atoms with Gasteiger partial charge in [0.1, 0.15) is 5.76 Å².